The van der Waals surface area contributed by atoms with Crippen LogP contribution in [0.25, 0.3) is 0 Å². The molecule has 0 N–H and O–H groups in total. The minimum absolute atomic E-state index is 0.0985. The van der Waals surface area contributed by atoms with Crippen LogP contribution in [0.5, 0.6) is 0 Å². The maximum absolute atomic E-state index is 12.9. The van der Waals surface area contributed by atoms with Gasteiger partial charge in [-0.25, -0.2) is 0 Å². The number of carbonyl (C=O) groups excluding carboxylic acids is 3. The number of ether oxygens (including phenoxy) is 3. The molecule has 0 aromatic heterocycles. The smallest absolute Gasteiger partial charge is 0.306 e. The highest BCUT2D eigenvalue weighted by Gasteiger charge is 2.19. The number of rotatable bonds is 55. The van der Waals surface area contributed by atoms with Crippen LogP contribution in [0.4, 0.5) is 0 Å². The summed E-state index contributed by atoms with van der Waals surface area (Å²) in [6.45, 7) is 6.26. The average molecular weight is 1060 g/mol. The Morgan fingerprint density at radius 1 is 0.260 bits per heavy atom. The first-order valence-corrected chi connectivity index (χ1v) is 31.3. The van der Waals surface area contributed by atoms with Gasteiger partial charge in [0.05, 0.1) is 0 Å². The zero-order valence-corrected chi connectivity index (χ0v) is 49.7. The summed E-state index contributed by atoms with van der Waals surface area (Å²) in [6.07, 6.45) is 91.4. The molecule has 434 valence electrons. The highest BCUT2D eigenvalue weighted by molar-refractivity contribution is 5.71. The lowest BCUT2D eigenvalue weighted by Crippen LogP contribution is -2.30. The zero-order valence-electron chi connectivity index (χ0n) is 49.7. The number of allylic oxidation sites excluding steroid dienone is 24. The monoisotopic (exact) mass is 1060 g/mol. The van der Waals surface area contributed by atoms with Gasteiger partial charge in [-0.15, -0.1) is 0 Å². The van der Waals surface area contributed by atoms with Crippen molar-refractivity contribution in [1.82, 2.24) is 0 Å². The number of esters is 3. The molecule has 0 heterocycles. The Morgan fingerprint density at radius 2 is 0.468 bits per heavy atom. The quantitative estimate of drug-likeness (QED) is 0.0261. The van der Waals surface area contributed by atoms with E-state index in [9.17, 15) is 14.4 Å². The fourth-order valence-electron chi connectivity index (χ4n) is 8.24. The normalized spacial score (nSPS) is 13.1. The molecule has 0 bridgehead atoms. The highest BCUT2D eigenvalue weighted by Crippen LogP contribution is 2.15. The summed E-state index contributed by atoms with van der Waals surface area (Å²) in [5, 5.41) is 0. The van der Waals surface area contributed by atoms with Crippen LogP contribution in [0.3, 0.4) is 0 Å². The fraction of sp³-hybridized carbons (Fsp3) is 0.620. The van der Waals surface area contributed by atoms with Crippen LogP contribution in [0.2, 0.25) is 0 Å². The second-order valence-corrected chi connectivity index (χ2v) is 20.2. The summed E-state index contributed by atoms with van der Waals surface area (Å²) >= 11 is 0. The van der Waals surface area contributed by atoms with Crippen molar-refractivity contribution in [3.05, 3.63) is 146 Å². The van der Waals surface area contributed by atoms with Gasteiger partial charge in [0, 0.05) is 19.3 Å². The molecule has 0 aliphatic carbocycles. The Labute approximate surface area is 474 Å². The van der Waals surface area contributed by atoms with Crippen LogP contribution in [0.1, 0.15) is 265 Å². The lowest BCUT2D eigenvalue weighted by Gasteiger charge is -2.18. The molecule has 0 aliphatic rings. The van der Waals surface area contributed by atoms with E-state index in [1.807, 2.05) is 0 Å². The molecule has 77 heavy (non-hydrogen) atoms. The molecule has 0 aliphatic heterocycles. The molecule has 0 fully saturated rings. The summed E-state index contributed by atoms with van der Waals surface area (Å²) < 4.78 is 16.9. The number of hydrogen-bond donors (Lipinski definition) is 0. The van der Waals surface area contributed by atoms with Gasteiger partial charge >= 0.3 is 17.9 Å². The standard InChI is InChI=1S/C71H114O6/c1-4-7-10-13-16-19-22-25-27-29-30-31-32-33-34-35-36-37-38-39-40-42-43-46-49-52-55-58-61-64-70(73)76-67-68(66-75-69(72)63-60-57-54-51-48-45-24-21-18-15-12-9-6-3)77-71(74)65-62-59-56-53-50-47-44-41-28-26-23-20-17-14-11-8-5-2/h7-12,16-21,25-28,30-31,33-34,36-37,45,48,68H,4-6,13-15,22-24,29,32,35,38-44,46-47,49-67H2,1-3H3/b10-7-,11-8-,12-9-,19-16-,20-17-,21-18-,27-25-,28-26-,31-30-,34-33-,37-36-,48-45-. The summed E-state index contributed by atoms with van der Waals surface area (Å²) in [5.41, 5.74) is 0. The first kappa shape index (κ1) is 72.3. The third kappa shape index (κ3) is 62.0. The van der Waals surface area contributed by atoms with Gasteiger partial charge in [0.2, 0.25) is 0 Å². The van der Waals surface area contributed by atoms with Crippen molar-refractivity contribution in [2.45, 2.75) is 271 Å². The van der Waals surface area contributed by atoms with Gasteiger partial charge in [-0.05, 0) is 135 Å². The van der Waals surface area contributed by atoms with Gasteiger partial charge in [-0.3, -0.25) is 14.4 Å². The molecular weight excluding hydrogens is 949 g/mol. The molecule has 0 saturated carbocycles. The van der Waals surface area contributed by atoms with E-state index in [4.69, 9.17) is 14.2 Å². The SMILES string of the molecule is CC/C=C\C/C=C\C/C=C\C/C=C\C/C=C\C/C=C\CCCCCCCCCCCCC(=O)OCC(COC(=O)CCCCC/C=C\C/C=C\C/C=C\CC)OC(=O)CCCCCCCCC/C=C\C/C=C\C/C=C\CC. The van der Waals surface area contributed by atoms with Gasteiger partial charge in [0.25, 0.3) is 0 Å². The van der Waals surface area contributed by atoms with Gasteiger partial charge in [0.1, 0.15) is 13.2 Å². The van der Waals surface area contributed by atoms with E-state index in [1.165, 1.54) is 77.0 Å². The first-order chi connectivity index (χ1) is 38.0. The fourth-order valence-corrected chi connectivity index (χ4v) is 8.24. The number of carbonyl (C=O) groups is 3. The Kier molecular flexibility index (Phi) is 59.9. The Bertz CT molecular complexity index is 1700. The Morgan fingerprint density at radius 3 is 0.740 bits per heavy atom. The van der Waals surface area contributed by atoms with Gasteiger partial charge < -0.3 is 14.2 Å². The average Bonchev–Trinajstić information content (AvgIpc) is 3.43. The molecule has 1 atom stereocenters. The van der Waals surface area contributed by atoms with Crippen molar-refractivity contribution in [3.8, 4) is 0 Å². The third-order valence-corrected chi connectivity index (χ3v) is 12.8. The molecule has 6 heteroatoms. The van der Waals surface area contributed by atoms with Crippen LogP contribution in [0, 0.1) is 0 Å². The lowest BCUT2D eigenvalue weighted by molar-refractivity contribution is -0.167. The number of hydrogen-bond acceptors (Lipinski definition) is 6. The molecule has 0 rings (SSSR count). The predicted molar refractivity (Wildman–Crippen MR) is 334 cm³/mol. The molecular formula is C71H114O6. The molecule has 0 amide bonds. The van der Waals surface area contributed by atoms with Crippen molar-refractivity contribution in [2.75, 3.05) is 13.2 Å². The summed E-state index contributed by atoms with van der Waals surface area (Å²) in [6, 6.07) is 0. The third-order valence-electron chi connectivity index (χ3n) is 12.8. The molecule has 0 spiro atoms. The minimum Gasteiger partial charge on any atom is -0.462 e. The van der Waals surface area contributed by atoms with Gasteiger partial charge in [-0.1, -0.05) is 256 Å². The van der Waals surface area contributed by atoms with E-state index >= 15 is 0 Å². The molecule has 0 saturated heterocycles. The lowest BCUT2D eigenvalue weighted by atomic mass is 10.1. The topological polar surface area (TPSA) is 78.9 Å². The van der Waals surface area contributed by atoms with E-state index in [0.29, 0.717) is 19.3 Å². The van der Waals surface area contributed by atoms with E-state index in [2.05, 4.69) is 167 Å². The van der Waals surface area contributed by atoms with Crippen molar-refractivity contribution >= 4 is 17.9 Å². The predicted octanol–water partition coefficient (Wildman–Crippen LogP) is 21.5. The van der Waals surface area contributed by atoms with Crippen LogP contribution in [0.15, 0.2) is 146 Å². The summed E-state index contributed by atoms with van der Waals surface area (Å²) in [7, 11) is 0. The maximum atomic E-state index is 12.9. The zero-order chi connectivity index (χ0) is 55.7. The molecule has 1 unspecified atom stereocenters. The Hall–Kier alpha value is -4.71. The second-order valence-electron chi connectivity index (χ2n) is 20.2. The van der Waals surface area contributed by atoms with Crippen molar-refractivity contribution < 1.29 is 28.6 Å². The van der Waals surface area contributed by atoms with Crippen molar-refractivity contribution in [2.24, 2.45) is 0 Å². The molecule has 6 nitrogen and oxygen atoms in total. The van der Waals surface area contributed by atoms with Crippen LogP contribution >= 0.6 is 0 Å². The van der Waals surface area contributed by atoms with Gasteiger partial charge in [0.15, 0.2) is 6.10 Å². The first-order valence-electron chi connectivity index (χ1n) is 31.3. The summed E-state index contributed by atoms with van der Waals surface area (Å²) in [4.78, 5) is 38.3. The molecule has 0 aromatic carbocycles. The van der Waals surface area contributed by atoms with E-state index in [-0.39, 0.29) is 31.1 Å². The van der Waals surface area contributed by atoms with Crippen molar-refractivity contribution in [3.63, 3.8) is 0 Å². The van der Waals surface area contributed by atoms with Gasteiger partial charge in [-0.2, -0.15) is 0 Å². The van der Waals surface area contributed by atoms with E-state index in [1.54, 1.807) is 0 Å². The second kappa shape index (κ2) is 63.8. The summed E-state index contributed by atoms with van der Waals surface area (Å²) in [5.74, 6) is -0.944. The van der Waals surface area contributed by atoms with E-state index in [0.717, 1.165) is 148 Å². The van der Waals surface area contributed by atoms with Crippen LogP contribution in [-0.2, 0) is 28.6 Å². The van der Waals surface area contributed by atoms with Crippen LogP contribution in [-0.4, -0.2) is 37.2 Å². The number of unbranched alkanes of at least 4 members (excludes halogenated alkanes) is 20. The highest BCUT2D eigenvalue weighted by atomic mass is 16.6. The van der Waals surface area contributed by atoms with E-state index < -0.39 is 6.10 Å². The molecule has 0 radical (unpaired) electrons. The molecule has 0 aromatic rings. The van der Waals surface area contributed by atoms with Crippen LogP contribution < -0.4 is 0 Å². The largest absolute Gasteiger partial charge is 0.462 e. The Balaban J connectivity index is 4.34. The maximum Gasteiger partial charge on any atom is 0.306 e. The van der Waals surface area contributed by atoms with Crippen molar-refractivity contribution in [1.29, 1.82) is 0 Å². The minimum atomic E-state index is -0.804.